The fourth-order valence-corrected chi connectivity index (χ4v) is 4.29. The molecule has 2 aromatic heterocycles. The number of ether oxygens (including phenoxy) is 1. The molecule has 148 valence electrons. The first-order chi connectivity index (χ1) is 13.8. The van der Waals surface area contributed by atoms with Gasteiger partial charge in [0, 0.05) is 38.4 Å². The van der Waals surface area contributed by atoms with Crippen LogP contribution in [-0.2, 0) is 17.6 Å². The maximum absolute atomic E-state index is 5.43. The Bertz CT molecular complexity index is 824. The molecule has 3 aliphatic rings. The van der Waals surface area contributed by atoms with Crippen LogP contribution in [0.2, 0.25) is 0 Å². The quantitative estimate of drug-likeness (QED) is 0.857. The number of morpholine rings is 1. The topological polar surface area (TPSA) is 79.3 Å². The van der Waals surface area contributed by atoms with Gasteiger partial charge < -0.3 is 19.9 Å². The molecule has 2 saturated heterocycles. The van der Waals surface area contributed by atoms with Crippen molar-refractivity contribution in [2.45, 2.75) is 38.1 Å². The Labute approximate surface area is 165 Å². The fraction of sp³-hybridized carbons (Fsp3) is 0.600. The van der Waals surface area contributed by atoms with Crippen molar-refractivity contribution in [1.29, 1.82) is 0 Å². The highest BCUT2D eigenvalue weighted by Crippen LogP contribution is 2.25. The first kappa shape index (κ1) is 17.6. The van der Waals surface area contributed by atoms with Gasteiger partial charge in [0.05, 0.1) is 18.9 Å². The van der Waals surface area contributed by atoms with Crippen LogP contribution < -0.4 is 15.1 Å². The lowest BCUT2D eigenvalue weighted by molar-refractivity contribution is 0.122. The van der Waals surface area contributed by atoms with E-state index in [9.17, 15) is 0 Å². The third-order valence-corrected chi connectivity index (χ3v) is 5.88. The number of hydrogen-bond donors (Lipinski definition) is 1. The third kappa shape index (κ3) is 3.73. The molecule has 0 radical (unpaired) electrons. The zero-order valence-corrected chi connectivity index (χ0v) is 16.2. The molecule has 2 aliphatic heterocycles. The van der Waals surface area contributed by atoms with E-state index in [0.717, 1.165) is 70.3 Å². The van der Waals surface area contributed by atoms with E-state index < -0.39 is 0 Å². The van der Waals surface area contributed by atoms with Gasteiger partial charge in [-0.05, 0) is 49.8 Å². The summed E-state index contributed by atoms with van der Waals surface area (Å²) >= 11 is 0. The van der Waals surface area contributed by atoms with Gasteiger partial charge in [0.15, 0.2) is 5.82 Å². The second-order valence-electron chi connectivity index (χ2n) is 7.80. The molecule has 1 aliphatic carbocycles. The first-order valence-electron chi connectivity index (χ1n) is 10.4. The Hall–Kier alpha value is -2.48. The summed E-state index contributed by atoms with van der Waals surface area (Å²) in [5, 5.41) is 12.5. The molecule has 0 spiro atoms. The van der Waals surface area contributed by atoms with Crippen molar-refractivity contribution in [3.63, 3.8) is 0 Å². The van der Waals surface area contributed by atoms with Crippen LogP contribution in [0.3, 0.4) is 0 Å². The van der Waals surface area contributed by atoms with Crippen molar-refractivity contribution >= 4 is 17.6 Å². The highest BCUT2D eigenvalue weighted by atomic mass is 16.5. The number of hydrogen-bond acceptors (Lipinski definition) is 8. The molecule has 0 saturated carbocycles. The van der Waals surface area contributed by atoms with Crippen LogP contribution in [0.4, 0.5) is 17.6 Å². The predicted octanol–water partition coefficient (Wildman–Crippen LogP) is 1.67. The number of nitrogens with zero attached hydrogens (tertiary/aromatic N) is 6. The lowest BCUT2D eigenvalue weighted by Gasteiger charge is -2.28. The molecule has 0 amide bonds. The molecule has 0 bridgehead atoms. The van der Waals surface area contributed by atoms with Crippen LogP contribution in [0.5, 0.6) is 0 Å². The van der Waals surface area contributed by atoms with Gasteiger partial charge in [-0.25, -0.2) is 4.98 Å². The zero-order valence-electron chi connectivity index (χ0n) is 16.2. The Morgan fingerprint density at radius 1 is 1.00 bits per heavy atom. The van der Waals surface area contributed by atoms with Gasteiger partial charge >= 0.3 is 0 Å². The second-order valence-corrected chi connectivity index (χ2v) is 7.80. The van der Waals surface area contributed by atoms with Gasteiger partial charge in [-0.1, -0.05) is 0 Å². The highest BCUT2D eigenvalue weighted by molar-refractivity contribution is 5.46. The molecular formula is C20H27N7O. The van der Waals surface area contributed by atoms with E-state index in [-0.39, 0.29) is 0 Å². The van der Waals surface area contributed by atoms with E-state index in [1.807, 2.05) is 12.3 Å². The molecule has 2 fully saturated rings. The number of rotatable bonds is 4. The second kappa shape index (κ2) is 7.87. The van der Waals surface area contributed by atoms with Crippen LogP contribution in [-0.4, -0.2) is 65.6 Å². The molecule has 1 unspecified atom stereocenters. The van der Waals surface area contributed by atoms with Gasteiger partial charge in [0.2, 0.25) is 5.95 Å². The van der Waals surface area contributed by atoms with Crippen molar-refractivity contribution < 1.29 is 4.74 Å². The minimum Gasteiger partial charge on any atom is -0.378 e. The summed E-state index contributed by atoms with van der Waals surface area (Å²) in [7, 11) is 0. The van der Waals surface area contributed by atoms with Gasteiger partial charge in [-0.15, -0.1) is 5.10 Å². The Morgan fingerprint density at radius 3 is 2.82 bits per heavy atom. The third-order valence-electron chi connectivity index (χ3n) is 5.88. The zero-order chi connectivity index (χ0) is 18.8. The molecule has 8 nitrogen and oxygen atoms in total. The molecule has 1 atom stereocenters. The Kier molecular flexibility index (Phi) is 4.95. The lowest BCUT2D eigenvalue weighted by atomic mass is 9.97. The minimum atomic E-state index is 0.317. The molecule has 2 aromatic rings. The largest absolute Gasteiger partial charge is 0.378 e. The fourth-order valence-electron chi connectivity index (χ4n) is 4.29. The van der Waals surface area contributed by atoms with E-state index in [1.165, 1.54) is 24.1 Å². The van der Waals surface area contributed by atoms with E-state index in [0.29, 0.717) is 12.0 Å². The summed E-state index contributed by atoms with van der Waals surface area (Å²) in [6.45, 7) is 5.15. The van der Waals surface area contributed by atoms with Crippen molar-refractivity contribution in [2.24, 2.45) is 0 Å². The van der Waals surface area contributed by atoms with Crippen molar-refractivity contribution in [1.82, 2.24) is 20.2 Å². The summed E-state index contributed by atoms with van der Waals surface area (Å²) < 4.78 is 5.43. The standard InChI is InChI=1S/C20H27N7O/c1-2-4-17-15(3-1)13-19(25-24-17)27-8-6-16(14-27)22-20-21-7-5-18(23-20)26-9-11-28-12-10-26/h5,7,13,16H,1-4,6,8-12,14H2,(H,21,22,23). The number of fused-ring (bicyclic) bond motifs is 1. The van der Waals surface area contributed by atoms with Gasteiger partial charge in [0.25, 0.3) is 0 Å². The number of nitrogens with one attached hydrogen (secondary N) is 1. The molecule has 0 aromatic carbocycles. The van der Waals surface area contributed by atoms with E-state index in [4.69, 9.17) is 9.72 Å². The summed E-state index contributed by atoms with van der Waals surface area (Å²) in [5.74, 6) is 2.68. The number of anilines is 3. The summed E-state index contributed by atoms with van der Waals surface area (Å²) in [6, 6.07) is 4.54. The molecule has 8 heteroatoms. The average molecular weight is 381 g/mol. The van der Waals surface area contributed by atoms with Crippen LogP contribution in [0, 0.1) is 0 Å². The van der Waals surface area contributed by atoms with E-state index in [2.05, 4.69) is 36.4 Å². The van der Waals surface area contributed by atoms with E-state index >= 15 is 0 Å². The maximum atomic E-state index is 5.43. The van der Waals surface area contributed by atoms with Gasteiger partial charge in [-0.2, -0.15) is 10.1 Å². The summed E-state index contributed by atoms with van der Waals surface area (Å²) in [4.78, 5) is 13.7. The van der Waals surface area contributed by atoms with Gasteiger partial charge in [0.1, 0.15) is 5.82 Å². The van der Waals surface area contributed by atoms with Crippen LogP contribution in [0.25, 0.3) is 0 Å². The summed E-state index contributed by atoms with van der Waals surface area (Å²) in [6.07, 6.45) is 7.59. The normalized spacial score (nSPS) is 22.2. The van der Waals surface area contributed by atoms with Crippen LogP contribution in [0.1, 0.15) is 30.5 Å². The van der Waals surface area contributed by atoms with Crippen molar-refractivity contribution in [2.75, 3.05) is 54.5 Å². The molecule has 1 N–H and O–H groups in total. The number of aryl methyl sites for hydroxylation is 2. The van der Waals surface area contributed by atoms with Crippen molar-refractivity contribution in [3.05, 3.63) is 29.6 Å². The Morgan fingerprint density at radius 2 is 1.89 bits per heavy atom. The average Bonchev–Trinajstić information content (AvgIpc) is 3.23. The predicted molar refractivity (Wildman–Crippen MR) is 108 cm³/mol. The van der Waals surface area contributed by atoms with E-state index in [1.54, 1.807) is 0 Å². The van der Waals surface area contributed by atoms with Crippen LogP contribution >= 0.6 is 0 Å². The lowest BCUT2D eigenvalue weighted by Crippen LogP contribution is -2.37. The van der Waals surface area contributed by atoms with Gasteiger partial charge in [-0.3, -0.25) is 0 Å². The number of aromatic nitrogens is 4. The highest BCUT2D eigenvalue weighted by Gasteiger charge is 2.25. The first-order valence-corrected chi connectivity index (χ1v) is 10.4. The molecular weight excluding hydrogens is 354 g/mol. The smallest absolute Gasteiger partial charge is 0.224 e. The summed E-state index contributed by atoms with van der Waals surface area (Å²) in [5.41, 5.74) is 2.58. The van der Waals surface area contributed by atoms with Crippen molar-refractivity contribution in [3.8, 4) is 0 Å². The van der Waals surface area contributed by atoms with Crippen LogP contribution in [0.15, 0.2) is 18.3 Å². The molecule has 4 heterocycles. The molecule has 28 heavy (non-hydrogen) atoms. The molecule has 5 rings (SSSR count). The minimum absolute atomic E-state index is 0.317. The maximum Gasteiger partial charge on any atom is 0.224 e. The SMILES string of the molecule is c1cc(N2CCOCC2)nc(NC2CCN(c3cc4c(nn3)CCCC4)C2)n1. The monoisotopic (exact) mass is 381 g/mol. The Balaban J connectivity index is 1.23.